The van der Waals surface area contributed by atoms with Gasteiger partial charge in [0.2, 0.25) is 0 Å². The number of aliphatic hydroxyl groups is 1. The Bertz CT molecular complexity index is 424. The lowest BCUT2D eigenvalue weighted by molar-refractivity contribution is 0.0171. The Morgan fingerprint density at radius 3 is 2.70 bits per heavy atom. The van der Waals surface area contributed by atoms with E-state index < -0.39 is 0 Å². The van der Waals surface area contributed by atoms with Crippen LogP contribution in [0.1, 0.15) is 11.1 Å². The molecule has 1 aliphatic rings. The molecule has 2 N–H and O–H groups in total. The first kappa shape index (κ1) is 15.8. The highest BCUT2D eigenvalue weighted by atomic mass is 79.9. The highest BCUT2D eigenvalue weighted by molar-refractivity contribution is 9.10. The number of rotatable bonds is 5. The first-order chi connectivity index (χ1) is 9.56. The summed E-state index contributed by atoms with van der Waals surface area (Å²) in [6, 6.07) is 4.23. The minimum Gasteiger partial charge on any atom is -0.390 e. The normalized spacial score (nSPS) is 18.0. The molecule has 4 nitrogen and oxygen atoms in total. The van der Waals surface area contributed by atoms with E-state index in [-0.39, 0.29) is 6.10 Å². The maximum Gasteiger partial charge on any atom is 0.0839 e. The third-order valence-electron chi connectivity index (χ3n) is 3.52. The second-order valence-electron chi connectivity index (χ2n) is 5.39. The van der Waals surface area contributed by atoms with Crippen molar-refractivity contribution in [2.75, 3.05) is 44.7 Å². The molecule has 1 unspecified atom stereocenters. The minimum absolute atomic E-state index is 0.374. The summed E-state index contributed by atoms with van der Waals surface area (Å²) in [4.78, 5) is 2.24. The highest BCUT2D eigenvalue weighted by Gasteiger charge is 2.15. The summed E-state index contributed by atoms with van der Waals surface area (Å²) >= 11 is 3.58. The Morgan fingerprint density at radius 1 is 1.35 bits per heavy atom. The summed E-state index contributed by atoms with van der Waals surface area (Å²) < 4.78 is 6.36. The van der Waals surface area contributed by atoms with Gasteiger partial charge >= 0.3 is 0 Å². The summed E-state index contributed by atoms with van der Waals surface area (Å²) in [6.45, 7) is 8.75. The van der Waals surface area contributed by atoms with E-state index in [1.807, 2.05) is 0 Å². The van der Waals surface area contributed by atoms with Crippen LogP contribution < -0.4 is 5.32 Å². The number of morpholine rings is 1. The van der Waals surface area contributed by atoms with Gasteiger partial charge in [-0.1, -0.05) is 6.07 Å². The predicted molar refractivity (Wildman–Crippen MR) is 85.4 cm³/mol. The van der Waals surface area contributed by atoms with Crippen LogP contribution in [-0.4, -0.2) is 55.5 Å². The second kappa shape index (κ2) is 7.41. The number of anilines is 1. The number of benzene rings is 1. The second-order valence-corrected chi connectivity index (χ2v) is 6.24. The monoisotopic (exact) mass is 342 g/mol. The quantitative estimate of drug-likeness (QED) is 0.860. The molecule has 0 radical (unpaired) electrons. The van der Waals surface area contributed by atoms with E-state index in [9.17, 15) is 5.11 Å². The topological polar surface area (TPSA) is 44.7 Å². The van der Waals surface area contributed by atoms with Crippen molar-refractivity contribution in [3.05, 3.63) is 27.7 Å². The van der Waals surface area contributed by atoms with Crippen molar-refractivity contribution in [3.8, 4) is 0 Å². The molecular weight excluding hydrogens is 320 g/mol. The standard InChI is InChI=1S/C15H23BrN2O2/c1-11-7-12(2)15(14(16)8-11)17-9-13(19)10-18-3-5-20-6-4-18/h7-8,13,17,19H,3-6,9-10H2,1-2H3. The predicted octanol–water partition coefficient (Wildman–Crippen LogP) is 2.17. The molecule has 1 aromatic rings. The molecule has 2 rings (SSSR count). The summed E-state index contributed by atoms with van der Waals surface area (Å²) in [5, 5.41) is 13.5. The third kappa shape index (κ3) is 4.45. The SMILES string of the molecule is Cc1cc(C)c(NCC(O)CN2CCOCC2)c(Br)c1. The van der Waals surface area contributed by atoms with Crippen LogP contribution in [0.5, 0.6) is 0 Å². The lowest BCUT2D eigenvalue weighted by atomic mass is 10.1. The lowest BCUT2D eigenvalue weighted by Crippen LogP contribution is -2.42. The number of aryl methyl sites for hydroxylation is 2. The van der Waals surface area contributed by atoms with Gasteiger partial charge < -0.3 is 15.2 Å². The molecule has 20 heavy (non-hydrogen) atoms. The van der Waals surface area contributed by atoms with Gasteiger partial charge in [0.05, 0.1) is 25.0 Å². The number of hydrogen-bond acceptors (Lipinski definition) is 4. The summed E-state index contributed by atoms with van der Waals surface area (Å²) in [5.41, 5.74) is 3.49. The van der Waals surface area contributed by atoms with Crippen molar-refractivity contribution in [1.82, 2.24) is 4.90 Å². The number of halogens is 1. The van der Waals surface area contributed by atoms with Crippen LogP contribution in [0.25, 0.3) is 0 Å². The molecular formula is C15H23BrN2O2. The van der Waals surface area contributed by atoms with Gasteiger partial charge in [0, 0.05) is 30.7 Å². The van der Waals surface area contributed by atoms with Gasteiger partial charge in [-0.15, -0.1) is 0 Å². The summed E-state index contributed by atoms with van der Waals surface area (Å²) in [5.74, 6) is 0. The maximum atomic E-state index is 10.1. The third-order valence-corrected chi connectivity index (χ3v) is 4.14. The van der Waals surface area contributed by atoms with Crippen molar-refractivity contribution in [2.45, 2.75) is 20.0 Å². The van der Waals surface area contributed by atoms with E-state index >= 15 is 0 Å². The van der Waals surface area contributed by atoms with Crippen LogP contribution in [-0.2, 0) is 4.74 Å². The van der Waals surface area contributed by atoms with Crippen molar-refractivity contribution < 1.29 is 9.84 Å². The molecule has 1 atom stereocenters. The molecule has 0 saturated carbocycles. The van der Waals surface area contributed by atoms with Gasteiger partial charge in [-0.2, -0.15) is 0 Å². The molecule has 0 bridgehead atoms. The van der Waals surface area contributed by atoms with Crippen LogP contribution >= 0.6 is 15.9 Å². The molecule has 0 spiro atoms. The molecule has 1 aliphatic heterocycles. The number of aliphatic hydroxyl groups excluding tert-OH is 1. The van der Waals surface area contributed by atoms with Gasteiger partial charge in [-0.25, -0.2) is 0 Å². The molecule has 112 valence electrons. The largest absolute Gasteiger partial charge is 0.390 e. The fourth-order valence-electron chi connectivity index (χ4n) is 2.51. The summed E-state index contributed by atoms with van der Waals surface area (Å²) in [6.07, 6.45) is -0.374. The Labute approximate surface area is 129 Å². The minimum atomic E-state index is -0.374. The van der Waals surface area contributed by atoms with E-state index in [0.29, 0.717) is 13.1 Å². The molecule has 1 fully saturated rings. The molecule has 0 aliphatic carbocycles. The summed E-state index contributed by atoms with van der Waals surface area (Å²) in [7, 11) is 0. The van der Waals surface area contributed by atoms with E-state index in [1.165, 1.54) is 11.1 Å². The van der Waals surface area contributed by atoms with Crippen molar-refractivity contribution in [1.29, 1.82) is 0 Å². The fraction of sp³-hybridized carbons (Fsp3) is 0.600. The van der Waals surface area contributed by atoms with E-state index in [4.69, 9.17) is 4.74 Å². The van der Waals surface area contributed by atoms with Crippen molar-refractivity contribution in [3.63, 3.8) is 0 Å². The number of nitrogens with zero attached hydrogens (tertiary/aromatic N) is 1. The Morgan fingerprint density at radius 2 is 2.05 bits per heavy atom. The molecule has 0 aromatic heterocycles. The highest BCUT2D eigenvalue weighted by Crippen LogP contribution is 2.27. The average Bonchev–Trinajstić information content (AvgIpc) is 2.38. The van der Waals surface area contributed by atoms with E-state index in [0.717, 1.165) is 36.5 Å². The first-order valence-corrected chi connectivity index (χ1v) is 7.84. The van der Waals surface area contributed by atoms with Gasteiger partial charge in [0.1, 0.15) is 0 Å². The van der Waals surface area contributed by atoms with Gasteiger partial charge in [-0.05, 0) is 47.0 Å². The zero-order chi connectivity index (χ0) is 14.5. The van der Waals surface area contributed by atoms with Crippen molar-refractivity contribution >= 4 is 21.6 Å². The molecule has 1 saturated heterocycles. The number of nitrogens with one attached hydrogen (secondary N) is 1. The molecule has 5 heteroatoms. The number of hydrogen-bond donors (Lipinski definition) is 2. The van der Waals surface area contributed by atoms with Crippen LogP contribution in [0.2, 0.25) is 0 Å². The van der Waals surface area contributed by atoms with E-state index in [2.05, 4.69) is 52.1 Å². The maximum absolute atomic E-state index is 10.1. The van der Waals surface area contributed by atoms with Crippen LogP contribution in [0.15, 0.2) is 16.6 Å². The first-order valence-electron chi connectivity index (χ1n) is 7.05. The molecule has 1 heterocycles. The van der Waals surface area contributed by atoms with Gasteiger partial charge in [0.25, 0.3) is 0 Å². The molecule has 1 aromatic carbocycles. The smallest absolute Gasteiger partial charge is 0.0839 e. The average molecular weight is 343 g/mol. The van der Waals surface area contributed by atoms with Gasteiger partial charge in [0.15, 0.2) is 0 Å². The zero-order valence-corrected chi connectivity index (χ0v) is 13.7. The number of ether oxygens (including phenoxy) is 1. The van der Waals surface area contributed by atoms with Crippen LogP contribution in [0, 0.1) is 13.8 Å². The van der Waals surface area contributed by atoms with E-state index in [1.54, 1.807) is 0 Å². The molecule has 0 amide bonds. The lowest BCUT2D eigenvalue weighted by Gasteiger charge is -2.28. The van der Waals surface area contributed by atoms with Crippen molar-refractivity contribution in [2.24, 2.45) is 0 Å². The zero-order valence-electron chi connectivity index (χ0n) is 12.2. The Kier molecular flexibility index (Phi) is 5.84. The van der Waals surface area contributed by atoms with Crippen LogP contribution in [0.3, 0.4) is 0 Å². The Hall–Kier alpha value is -0.620. The fourth-order valence-corrected chi connectivity index (χ4v) is 3.32. The Balaban J connectivity index is 1.85. The van der Waals surface area contributed by atoms with Crippen LogP contribution in [0.4, 0.5) is 5.69 Å². The number of β-amino-alcohol motifs (C(OH)–C–C–N with tert-alkyl or cyclic N) is 1. The van der Waals surface area contributed by atoms with Gasteiger partial charge in [-0.3, -0.25) is 4.90 Å².